The molecule has 0 N–H and O–H groups in total. The van der Waals surface area contributed by atoms with Gasteiger partial charge in [-0.3, -0.25) is 4.68 Å². The zero-order chi connectivity index (χ0) is 13.1. The van der Waals surface area contributed by atoms with Crippen LogP contribution in [0, 0.1) is 0 Å². The number of nitrogens with zero attached hydrogens (tertiary/aromatic N) is 3. The van der Waals surface area contributed by atoms with Crippen molar-refractivity contribution >= 4 is 26.0 Å². The smallest absolute Gasteiger partial charge is 0.246 e. The molecule has 0 unspecified atom stereocenters. The topological polar surface area (TPSA) is 55.2 Å². The number of hydrogen-bond acceptors (Lipinski definition) is 3. The molecule has 0 radical (unpaired) electrons. The second kappa shape index (κ2) is 5.97. The van der Waals surface area contributed by atoms with Gasteiger partial charge in [0.15, 0.2) is 0 Å². The molecule has 0 saturated heterocycles. The van der Waals surface area contributed by atoms with Crippen molar-refractivity contribution in [1.82, 2.24) is 14.1 Å². The SMILES string of the molecule is CC(C)N(CCCBr)S(=O)(=O)c1cnn(C)c1. The van der Waals surface area contributed by atoms with Crippen LogP contribution in [0.5, 0.6) is 0 Å². The summed E-state index contributed by atoms with van der Waals surface area (Å²) in [6, 6.07) is -0.0562. The molecule has 5 nitrogen and oxygen atoms in total. The van der Waals surface area contributed by atoms with Crippen LogP contribution < -0.4 is 0 Å². The molecule has 98 valence electrons. The van der Waals surface area contributed by atoms with Crippen molar-refractivity contribution in [2.24, 2.45) is 7.05 Å². The second-order valence-electron chi connectivity index (χ2n) is 4.10. The van der Waals surface area contributed by atoms with Gasteiger partial charge in [-0.2, -0.15) is 9.40 Å². The summed E-state index contributed by atoms with van der Waals surface area (Å²) in [6.07, 6.45) is 3.70. The quantitative estimate of drug-likeness (QED) is 0.747. The zero-order valence-corrected chi connectivity index (χ0v) is 12.7. The van der Waals surface area contributed by atoms with Gasteiger partial charge in [0, 0.05) is 31.2 Å². The molecule has 0 saturated carbocycles. The first-order valence-electron chi connectivity index (χ1n) is 5.46. The summed E-state index contributed by atoms with van der Waals surface area (Å²) in [5, 5.41) is 4.70. The number of alkyl halides is 1. The molecule has 0 aliphatic heterocycles. The van der Waals surface area contributed by atoms with E-state index in [1.54, 1.807) is 7.05 Å². The Morgan fingerprint density at radius 1 is 1.53 bits per heavy atom. The Morgan fingerprint density at radius 2 is 2.18 bits per heavy atom. The van der Waals surface area contributed by atoms with E-state index in [-0.39, 0.29) is 10.9 Å². The Morgan fingerprint density at radius 3 is 2.59 bits per heavy atom. The number of rotatable bonds is 6. The van der Waals surface area contributed by atoms with Crippen LogP contribution in [-0.2, 0) is 17.1 Å². The van der Waals surface area contributed by atoms with Gasteiger partial charge in [0.2, 0.25) is 10.0 Å². The standard InChI is InChI=1S/C10H18BrN3O2S/c1-9(2)14(6-4-5-11)17(15,16)10-7-12-13(3)8-10/h7-9H,4-6H2,1-3H3. The van der Waals surface area contributed by atoms with Gasteiger partial charge in [-0.25, -0.2) is 8.42 Å². The molecule has 0 bridgehead atoms. The van der Waals surface area contributed by atoms with Crippen molar-refractivity contribution in [1.29, 1.82) is 0 Å². The van der Waals surface area contributed by atoms with Crippen LogP contribution >= 0.6 is 15.9 Å². The fourth-order valence-electron chi connectivity index (χ4n) is 1.54. The number of aryl methyl sites for hydroxylation is 1. The number of sulfonamides is 1. The average Bonchev–Trinajstić information content (AvgIpc) is 2.65. The van der Waals surface area contributed by atoms with Gasteiger partial charge in [-0.1, -0.05) is 15.9 Å². The van der Waals surface area contributed by atoms with E-state index in [0.29, 0.717) is 6.54 Å². The molecule has 0 amide bonds. The van der Waals surface area contributed by atoms with E-state index in [1.165, 1.54) is 21.4 Å². The van der Waals surface area contributed by atoms with Gasteiger partial charge in [0.25, 0.3) is 0 Å². The average molecular weight is 324 g/mol. The molecule has 0 aliphatic rings. The van der Waals surface area contributed by atoms with Gasteiger partial charge in [0.1, 0.15) is 4.90 Å². The van der Waals surface area contributed by atoms with Crippen molar-refractivity contribution in [3.63, 3.8) is 0 Å². The molecule has 0 atom stereocenters. The highest BCUT2D eigenvalue weighted by Gasteiger charge is 2.27. The predicted octanol–water partition coefficient (Wildman–Crippen LogP) is 1.60. The lowest BCUT2D eigenvalue weighted by atomic mass is 10.4. The molecule has 1 heterocycles. The van der Waals surface area contributed by atoms with E-state index in [1.807, 2.05) is 13.8 Å². The molecule has 7 heteroatoms. The summed E-state index contributed by atoms with van der Waals surface area (Å²) in [7, 11) is -1.72. The van der Waals surface area contributed by atoms with E-state index in [2.05, 4.69) is 21.0 Å². The molecule has 0 aliphatic carbocycles. The third-order valence-electron chi connectivity index (χ3n) is 2.38. The first-order chi connectivity index (χ1) is 7.89. The summed E-state index contributed by atoms with van der Waals surface area (Å²) in [5.74, 6) is 0. The Bertz CT molecular complexity index is 456. The summed E-state index contributed by atoms with van der Waals surface area (Å²) in [4.78, 5) is 0.253. The van der Waals surface area contributed by atoms with Crippen molar-refractivity contribution in [2.75, 3.05) is 11.9 Å². The van der Waals surface area contributed by atoms with E-state index in [4.69, 9.17) is 0 Å². The Hall–Kier alpha value is -0.400. The molecule has 1 rings (SSSR count). The Labute approximate surface area is 111 Å². The Kier molecular flexibility index (Phi) is 5.15. The third-order valence-corrected chi connectivity index (χ3v) is 4.96. The number of hydrogen-bond donors (Lipinski definition) is 0. The molecular weight excluding hydrogens is 306 g/mol. The summed E-state index contributed by atoms with van der Waals surface area (Å²) >= 11 is 3.32. The van der Waals surface area contributed by atoms with Crippen molar-refractivity contribution in [2.45, 2.75) is 31.2 Å². The maximum Gasteiger partial charge on any atom is 0.246 e. The minimum Gasteiger partial charge on any atom is -0.274 e. The maximum atomic E-state index is 12.4. The van der Waals surface area contributed by atoms with Gasteiger partial charge in [0.05, 0.1) is 6.20 Å². The first-order valence-corrected chi connectivity index (χ1v) is 8.02. The van der Waals surface area contributed by atoms with E-state index in [9.17, 15) is 8.42 Å². The molecule has 17 heavy (non-hydrogen) atoms. The van der Waals surface area contributed by atoms with Crippen LogP contribution in [0.4, 0.5) is 0 Å². The van der Waals surface area contributed by atoms with Crippen LogP contribution in [-0.4, -0.2) is 40.4 Å². The molecule has 1 aromatic rings. The third kappa shape index (κ3) is 3.53. The first kappa shape index (κ1) is 14.7. The van der Waals surface area contributed by atoms with Gasteiger partial charge in [-0.15, -0.1) is 0 Å². The van der Waals surface area contributed by atoms with Crippen molar-refractivity contribution in [3.05, 3.63) is 12.4 Å². The molecule has 0 spiro atoms. The fraction of sp³-hybridized carbons (Fsp3) is 0.700. The Balaban J connectivity index is 3.00. The minimum atomic E-state index is -3.42. The van der Waals surface area contributed by atoms with E-state index < -0.39 is 10.0 Å². The fourth-order valence-corrected chi connectivity index (χ4v) is 3.45. The highest BCUT2D eigenvalue weighted by atomic mass is 79.9. The van der Waals surface area contributed by atoms with Crippen LogP contribution in [0.1, 0.15) is 20.3 Å². The van der Waals surface area contributed by atoms with Gasteiger partial charge >= 0.3 is 0 Å². The minimum absolute atomic E-state index is 0.0562. The van der Waals surface area contributed by atoms with Gasteiger partial charge < -0.3 is 0 Å². The molecule has 0 fully saturated rings. The molecule has 1 aromatic heterocycles. The normalized spacial score (nSPS) is 12.6. The largest absolute Gasteiger partial charge is 0.274 e. The lowest BCUT2D eigenvalue weighted by Gasteiger charge is -2.24. The lowest BCUT2D eigenvalue weighted by Crippen LogP contribution is -2.37. The second-order valence-corrected chi connectivity index (χ2v) is 6.79. The van der Waals surface area contributed by atoms with Gasteiger partial charge in [-0.05, 0) is 20.3 Å². The zero-order valence-electron chi connectivity index (χ0n) is 10.3. The van der Waals surface area contributed by atoms with Crippen molar-refractivity contribution in [3.8, 4) is 0 Å². The van der Waals surface area contributed by atoms with Crippen LogP contribution in [0.25, 0.3) is 0 Å². The number of aromatic nitrogens is 2. The van der Waals surface area contributed by atoms with E-state index >= 15 is 0 Å². The van der Waals surface area contributed by atoms with Crippen LogP contribution in [0.2, 0.25) is 0 Å². The highest BCUT2D eigenvalue weighted by molar-refractivity contribution is 9.09. The summed E-state index contributed by atoms with van der Waals surface area (Å²) < 4.78 is 27.7. The van der Waals surface area contributed by atoms with E-state index in [0.717, 1.165) is 11.8 Å². The maximum absolute atomic E-state index is 12.4. The van der Waals surface area contributed by atoms with Crippen LogP contribution in [0.3, 0.4) is 0 Å². The number of halogens is 1. The summed E-state index contributed by atoms with van der Waals surface area (Å²) in [5.41, 5.74) is 0. The predicted molar refractivity (Wildman–Crippen MR) is 70.6 cm³/mol. The van der Waals surface area contributed by atoms with Crippen LogP contribution in [0.15, 0.2) is 17.3 Å². The summed E-state index contributed by atoms with van der Waals surface area (Å²) in [6.45, 7) is 4.27. The monoisotopic (exact) mass is 323 g/mol. The lowest BCUT2D eigenvalue weighted by molar-refractivity contribution is 0.355. The van der Waals surface area contributed by atoms with Crippen molar-refractivity contribution < 1.29 is 8.42 Å². The molecular formula is C10H18BrN3O2S. The molecule has 0 aromatic carbocycles. The highest BCUT2D eigenvalue weighted by Crippen LogP contribution is 2.17.